The molecule has 2 bridgehead atoms. The number of aryl methyl sites for hydroxylation is 1. The molecule has 0 radical (unpaired) electrons. The third-order valence-electron chi connectivity index (χ3n) is 8.92. The van der Waals surface area contributed by atoms with Gasteiger partial charge in [-0.3, -0.25) is 19.1 Å². The molecule has 6 rings (SSSR count). The number of likely N-dealkylation sites (tertiary alicyclic amines) is 1. The highest BCUT2D eigenvalue weighted by Gasteiger charge is 2.46. The molecule has 1 amide bonds. The van der Waals surface area contributed by atoms with Crippen LogP contribution in [-0.4, -0.2) is 71.2 Å². The number of carbonyl (C=O) groups excluding carboxylic acids is 1. The number of nitrogens with zero attached hydrogens (tertiary/aromatic N) is 4. The Hall–Kier alpha value is -2.87. The van der Waals surface area contributed by atoms with Gasteiger partial charge in [0.2, 0.25) is 5.91 Å². The molecule has 0 N–H and O–H groups in total. The molecular weight excluding hydrogens is 456 g/mol. The summed E-state index contributed by atoms with van der Waals surface area (Å²) in [6.07, 6.45) is 9.71. The number of fused-ring (bicyclic) bond motifs is 7. The number of hydrogen-bond donors (Lipinski definition) is 0. The molecule has 8 nitrogen and oxygen atoms in total. The Kier molecular flexibility index (Phi) is 6.02. The van der Waals surface area contributed by atoms with Crippen LogP contribution in [0.1, 0.15) is 44.3 Å². The van der Waals surface area contributed by atoms with Crippen molar-refractivity contribution in [3.63, 3.8) is 0 Å². The summed E-state index contributed by atoms with van der Waals surface area (Å²) in [5.41, 5.74) is 1.77. The van der Waals surface area contributed by atoms with Crippen molar-refractivity contribution in [3.8, 4) is 11.5 Å². The zero-order valence-electron chi connectivity index (χ0n) is 21.5. The highest BCUT2D eigenvalue weighted by atomic mass is 16.5. The zero-order valence-corrected chi connectivity index (χ0v) is 21.5. The molecule has 1 aromatic carbocycles. The van der Waals surface area contributed by atoms with Crippen LogP contribution in [0, 0.1) is 18.8 Å². The van der Waals surface area contributed by atoms with E-state index in [2.05, 4.69) is 20.9 Å². The van der Waals surface area contributed by atoms with E-state index < -0.39 is 0 Å². The largest absolute Gasteiger partial charge is 0.493 e. The lowest BCUT2D eigenvalue weighted by Crippen LogP contribution is -2.60. The fourth-order valence-electron chi connectivity index (χ4n) is 7.32. The lowest BCUT2D eigenvalue weighted by atomic mass is 9.68. The van der Waals surface area contributed by atoms with Gasteiger partial charge in [-0.15, -0.1) is 0 Å². The van der Waals surface area contributed by atoms with Gasteiger partial charge in [0.05, 0.1) is 31.2 Å². The maximum atomic E-state index is 13.8. The van der Waals surface area contributed by atoms with Gasteiger partial charge in [-0.2, -0.15) is 0 Å². The molecule has 1 aromatic heterocycles. The lowest BCUT2D eigenvalue weighted by Gasteiger charge is -2.54. The van der Waals surface area contributed by atoms with Crippen molar-refractivity contribution < 1.29 is 14.3 Å². The van der Waals surface area contributed by atoms with Gasteiger partial charge in [-0.05, 0) is 63.5 Å². The number of rotatable bonds is 4. The van der Waals surface area contributed by atoms with Gasteiger partial charge < -0.3 is 14.4 Å². The minimum atomic E-state index is -0.225. The zero-order chi connectivity index (χ0) is 25.0. The van der Waals surface area contributed by atoms with Crippen LogP contribution >= 0.6 is 0 Å². The molecule has 4 aliphatic rings. The lowest BCUT2D eigenvalue weighted by molar-refractivity contribution is -0.137. The average molecular weight is 493 g/mol. The Morgan fingerprint density at radius 1 is 1.11 bits per heavy atom. The summed E-state index contributed by atoms with van der Waals surface area (Å²) in [6, 6.07) is 4.23. The first-order chi connectivity index (χ1) is 17.5. The van der Waals surface area contributed by atoms with Crippen LogP contribution < -0.4 is 15.0 Å². The minimum Gasteiger partial charge on any atom is -0.493 e. The van der Waals surface area contributed by atoms with Crippen LogP contribution in [0.15, 0.2) is 28.6 Å². The van der Waals surface area contributed by atoms with Crippen LogP contribution in [0.5, 0.6) is 11.5 Å². The van der Waals surface area contributed by atoms with Gasteiger partial charge in [0.25, 0.3) is 5.56 Å². The molecule has 36 heavy (non-hydrogen) atoms. The highest BCUT2D eigenvalue weighted by molar-refractivity contribution is 5.83. The molecule has 3 fully saturated rings. The fraction of sp³-hybridized carbons (Fsp3) is 0.607. The number of hydrogen-bond acceptors (Lipinski definition) is 6. The second-order valence-electron chi connectivity index (χ2n) is 10.9. The molecule has 0 spiro atoms. The Morgan fingerprint density at radius 2 is 1.92 bits per heavy atom. The summed E-state index contributed by atoms with van der Waals surface area (Å²) >= 11 is 0. The smallest absolute Gasteiger partial charge is 0.262 e. The molecule has 4 heterocycles. The Balaban J connectivity index is 1.30. The third-order valence-corrected chi connectivity index (χ3v) is 8.92. The highest BCUT2D eigenvalue weighted by Crippen LogP contribution is 2.45. The number of aromatic nitrogens is 2. The maximum absolute atomic E-state index is 13.8. The molecule has 192 valence electrons. The molecule has 0 unspecified atom stereocenters. The summed E-state index contributed by atoms with van der Waals surface area (Å²) in [5.74, 6) is 2.65. The first kappa shape index (κ1) is 23.5. The number of carbonyl (C=O) groups is 1. The molecule has 3 aliphatic heterocycles. The normalized spacial score (nSPS) is 27.8. The van der Waals surface area contributed by atoms with Crippen molar-refractivity contribution >= 4 is 16.8 Å². The van der Waals surface area contributed by atoms with Crippen LogP contribution in [-0.2, 0) is 11.3 Å². The Morgan fingerprint density at radius 3 is 2.72 bits per heavy atom. The van der Waals surface area contributed by atoms with Gasteiger partial charge in [0, 0.05) is 25.2 Å². The second kappa shape index (κ2) is 9.21. The van der Waals surface area contributed by atoms with Crippen molar-refractivity contribution in [2.45, 2.75) is 64.1 Å². The van der Waals surface area contributed by atoms with E-state index >= 15 is 0 Å². The van der Waals surface area contributed by atoms with Crippen LogP contribution in [0.4, 0.5) is 0 Å². The summed E-state index contributed by atoms with van der Waals surface area (Å²) in [6.45, 7) is 4.83. The van der Waals surface area contributed by atoms with E-state index in [1.54, 1.807) is 33.3 Å². The van der Waals surface area contributed by atoms with E-state index in [-0.39, 0.29) is 24.1 Å². The fourth-order valence-corrected chi connectivity index (χ4v) is 7.32. The molecule has 4 atom stereocenters. The van der Waals surface area contributed by atoms with Crippen molar-refractivity contribution in [1.29, 1.82) is 0 Å². The summed E-state index contributed by atoms with van der Waals surface area (Å²) in [4.78, 5) is 36.7. The van der Waals surface area contributed by atoms with Crippen molar-refractivity contribution in [2.24, 2.45) is 11.8 Å². The number of methoxy groups -OCH3 is 2. The first-order valence-corrected chi connectivity index (χ1v) is 13.4. The number of benzene rings is 1. The molecule has 3 saturated heterocycles. The predicted molar refractivity (Wildman–Crippen MR) is 137 cm³/mol. The maximum Gasteiger partial charge on any atom is 0.262 e. The molecule has 0 saturated carbocycles. The summed E-state index contributed by atoms with van der Waals surface area (Å²) in [5, 5.41) is 0.425. The monoisotopic (exact) mass is 492 g/mol. The molecule has 2 aromatic rings. The summed E-state index contributed by atoms with van der Waals surface area (Å²) in [7, 11) is 3.10. The number of piperidine rings is 3. The second-order valence-corrected chi connectivity index (χ2v) is 10.9. The first-order valence-electron chi connectivity index (χ1n) is 13.4. The Labute approximate surface area is 211 Å². The van der Waals surface area contributed by atoms with Gasteiger partial charge in [0.15, 0.2) is 11.5 Å². The van der Waals surface area contributed by atoms with Crippen LogP contribution in [0.25, 0.3) is 10.9 Å². The van der Waals surface area contributed by atoms with Crippen molar-refractivity contribution in [2.75, 3.05) is 33.9 Å². The van der Waals surface area contributed by atoms with Gasteiger partial charge in [-0.1, -0.05) is 18.1 Å². The standard InChI is InChI=1S/C28H36N4O4/c1-17-29-22-14-25(36-3)24(35-2)13-21(22)28(34)32(17)16-26(33)31-10-6-7-18-11-19-12-20(27(18)31)15-30-9-5-4-8-23(19)30/h11,13-14,19-20,23,27H,4-10,12,15-16H2,1-3H3/t19-,20-,23+,27-/m0/s1. The van der Waals surface area contributed by atoms with Gasteiger partial charge in [-0.25, -0.2) is 4.98 Å². The van der Waals surface area contributed by atoms with E-state index in [0.29, 0.717) is 46.1 Å². The topological polar surface area (TPSA) is 76.9 Å². The molecule has 8 heteroatoms. The average Bonchev–Trinajstić information content (AvgIpc) is 2.90. The van der Waals surface area contributed by atoms with E-state index in [0.717, 1.165) is 25.9 Å². The SMILES string of the molecule is COc1cc2nc(C)n(CC(=O)N3CCCC4=C[C@H]5C[C@@H](CN6CCCC[C@H]56)[C@H]43)c(=O)c2cc1OC. The van der Waals surface area contributed by atoms with E-state index in [9.17, 15) is 9.59 Å². The van der Waals surface area contributed by atoms with E-state index in [1.165, 1.54) is 42.4 Å². The van der Waals surface area contributed by atoms with Gasteiger partial charge in [0.1, 0.15) is 12.4 Å². The van der Waals surface area contributed by atoms with E-state index in [1.807, 2.05) is 0 Å². The minimum absolute atomic E-state index is 0.00815. The Bertz CT molecular complexity index is 1280. The summed E-state index contributed by atoms with van der Waals surface area (Å²) < 4.78 is 12.3. The van der Waals surface area contributed by atoms with Crippen molar-refractivity contribution in [3.05, 3.63) is 40.0 Å². The van der Waals surface area contributed by atoms with Crippen LogP contribution in [0.3, 0.4) is 0 Å². The third kappa shape index (κ3) is 3.81. The van der Waals surface area contributed by atoms with Crippen LogP contribution in [0.2, 0.25) is 0 Å². The van der Waals surface area contributed by atoms with E-state index in [4.69, 9.17) is 9.47 Å². The molecule has 1 aliphatic carbocycles. The van der Waals surface area contributed by atoms with Gasteiger partial charge >= 0.3 is 0 Å². The molecular formula is C28H36N4O4. The predicted octanol–water partition coefficient (Wildman–Crippen LogP) is 3.14. The number of amides is 1. The van der Waals surface area contributed by atoms with Crippen molar-refractivity contribution in [1.82, 2.24) is 19.4 Å². The quantitative estimate of drug-likeness (QED) is 0.611. The number of ether oxygens (including phenoxy) is 2.